The molecule has 158 valence electrons. The number of esters is 1. The lowest BCUT2D eigenvalue weighted by molar-refractivity contribution is -0.117. The number of anilines is 1. The van der Waals surface area contributed by atoms with Crippen molar-refractivity contribution in [3.63, 3.8) is 0 Å². The monoisotopic (exact) mass is 418 g/mol. The number of thiophene rings is 1. The molecule has 1 N–H and O–H groups in total. The van der Waals surface area contributed by atoms with Gasteiger partial charge in [0, 0.05) is 29.7 Å². The number of methoxy groups -OCH3 is 1. The number of hydrogen-bond donors (Lipinski definition) is 1. The molecule has 0 aliphatic heterocycles. The van der Waals surface area contributed by atoms with E-state index in [1.807, 2.05) is 35.9 Å². The fourth-order valence-corrected chi connectivity index (χ4v) is 5.06. The van der Waals surface area contributed by atoms with E-state index in [-0.39, 0.29) is 18.4 Å². The lowest BCUT2D eigenvalue weighted by atomic mass is 9.96. The van der Waals surface area contributed by atoms with Crippen LogP contribution in [0, 0.1) is 0 Å². The normalized spacial score (nSPS) is 14.2. The van der Waals surface area contributed by atoms with Gasteiger partial charge in [-0.1, -0.05) is 12.8 Å². The van der Waals surface area contributed by atoms with Crippen LogP contribution in [0.4, 0.5) is 5.00 Å². The molecule has 3 rings (SSSR count). The van der Waals surface area contributed by atoms with Gasteiger partial charge in [-0.25, -0.2) is 4.79 Å². The number of carbonyl (C=O) groups excluding carboxylic acids is 2. The van der Waals surface area contributed by atoms with Crippen LogP contribution in [0.2, 0.25) is 0 Å². The van der Waals surface area contributed by atoms with Crippen molar-refractivity contribution in [1.82, 2.24) is 14.7 Å². The number of carbonyl (C=O) groups is 2. The van der Waals surface area contributed by atoms with Crippen molar-refractivity contribution in [3.8, 4) is 0 Å². The molecule has 2 heterocycles. The second-order valence-electron chi connectivity index (χ2n) is 7.54. The topological polar surface area (TPSA) is 76.5 Å². The molecule has 2 aromatic heterocycles. The summed E-state index contributed by atoms with van der Waals surface area (Å²) in [7, 11) is 3.29. The smallest absolute Gasteiger partial charge is 0.341 e. The quantitative estimate of drug-likeness (QED) is 0.697. The number of amides is 1. The number of fused-ring (bicyclic) bond motifs is 1. The second kappa shape index (κ2) is 10.0. The van der Waals surface area contributed by atoms with Gasteiger partial charge in [0.05, 0.1) is 25.4 Å². The average molecular weight is 419 g/mol. The van der Waals surface area contributed by atoms with Crippen LogP contribution < -0.4 is 5.32 Å². The second-order valence-corrected chi connectivity index (χ2v) is 8.64. The summed E-state index contributed by atoms with van der Waals surface area (Å²) in [6.07, 6.45) is 10.2. The Kier molecular flexibility index (Phi) is 7.44. The summed E-state index contributed by atoms with van der Waals surface area (Å²) < 4.78 is 6.89. The number of ether oxygens (including phenoxy) is 1. The molecule has 0 aromatic carbocycles. The fraction of sp³-hybridized carbons (Fsp3) is 0.571. The van der Waals surface area contributed by atoms with Crippen molar-refractivity contribution in [1.29, 1.82) is 0 Å². The predicted octanol–water partition coefficient (Wildman–Crippen LogP) is 3.48. The molecule has 1 aliphatic rings. The Labute approximate surface area is 176 Å². The third kappa shape index (κ3) is 5.45. The van der Waals surface area contributed by atoms with E-state index in [9.17, 15) is 9.59 Å². The zero-order valence-electron chi connectivity index (χ0n) is 17.5. The van der Waals surface area contributed by atoms with Crippen LogP contribution in [0.25, 0.3) is 0 Å². The van der Waals surface area contributed by atoms with Crippen LogP contribution in [-0.4, -0.2) is 47.3 Å². The molecule has 0 fully saturated rings. The zero-order valence-corrected chi connectivity index (χ0v) is 18.3. The van der Waals surface area contributed by atoms with Crippen molar-refractivity contribution in [2.45, 2.75) is 58.5 Å². The summed E-state index contributed by atoms with van der Waals surface area (Å²) in [6.45, 7) is 3.74. The number of likely N-dealkylation sites (N-methyl/N-ethyl adjacent to an activating group) is 1. The number of nitrogens with one attached hydrogen (secondary N) is 1. The van der Waals surface area contributed by atoms with Gasteiger partial charge in [-0.3, -0.25) is 14.4 Å². The molecule has 0 saturated heterocycles. The van der Waals surface area contributed by atoms with Crippen LogP contribution in [-0.2, 0) is 35.5 Å². The van der Waals surface area contributed by atoms with Crippen LogP contribution in [0.1, 0.15) is 59.0 Å². The summed E-state index contributed by atoms with van der Waals surface area (Å²) >= 11 is 1.53. The lowest BCUT2D eigenvalue weighted by Crippen LogP contribution is -2.30. The first-order chi connectivity index (χ1) is 14.0. The van der Waals surface area contributed by atoms with E-state index in [0.717, 1.165) is 43.4 Å². The van der Waals surface area contributed by atoms with Gasteiger partial charge in [0.2, 0.25) is 5.91 Å². The minimum absolute atomic E-state index is 0.130. The SMILES string of the molecule is CCn1cc(CN(C)CC(=O)Nc2sc3c(c2C(=O)OC)CCCCCC3)cn1. The van der Waals surface area contributed by atoms with Gasteiger partial charge < -0.3 is 10.1 Å². The lowest BCUT2D eigenvalue weighted by Gasteiger charge is -2.15. The summed E-state index contributed by atoms with van der Waals surface area (Å²) in [4.78, 5) is 28.3. The first-order valence-electron chi connectivity index (χ1n) is 10.2. The highest BCUT2D eigenvalue weighted by Gasteiger charge is 2.26. The Morgan fingerprint density at radius 2 is 2.03 bits per heavy atom. The number of aryl methyl sites for hydroxylation is 2. The van der Waals surface area contributed by atoms with E-state index in [0.29, 0.717) is 17.1 Å². The molecule has 0 atom stereocenters. The van der Waals surface area contributed by atoms with Gasteiger partial charge >= 0.3 is 5.97 Å². The molecule has 29 heavy (non-hydrogen) atoms. The molecule has 1 amide bonds. The van der Waals surface area contributed by atoms with Crippen molar-refractivity contribution < 1.29 is 14.3 Å². The van der Waals surface area contributed by atoms with Crippen LogP contribution >= 0.6 is 11.3 Å². The third-order valence-corrected chi connectivity index (χ3v) is 6.40. The molecule has 0 radical (unpaired) electrons. The molecular weight excluding hydrogens is 388 g/mol. The first kappa shape index (κ1) is 21.5. The van der Waals surface area contributed by atoms with Crippen LogP contribution in [0.3, 0.4) is 0 Å². The molecule has 0 bridgehead atoms. The Bertz CT molecular complexity index is 858. The van der Waals surface area contributed by atoms with Gasteiger partial charge in [-0.05, 0) is 45.2 Å². The summed E-state index contributed by atoms with van der Waals surface area (Å²) in [5.74, 6) is -0.492. The van der Waals surface area contributed by atoms with E-state index in [1.165, 1.54) is 36.2 Å². The zero-order chi connectivity index (χ0) is 20.8. The highest BCUT2D eigenvalue weighted by molar-refractivity contribution is 7.17. The van der Waals surface area contributed by atoms with Gasteiger partial charge in [-0.15, -0.1) is 11.3 Å². The minimum Gasteiger partial charge on any atom is -0.465 e. The number of hydrogen-bond acceptors (Lipinski definition) is 6. The van der Waals surface area contributed by atoms with Gasteiger partial charge in [0.1, 0.15) is 5.00 Å². The molecule has 7 nitrogen and oxygen atoms in total. The maximum Gasteiger partial charge on any atom is 0.341 e. The summed E-state index contributed by atoms with van der Waals surface area (Å²) in [5.41, 5.74) is 2.68. The Hall–Kier alpha value is -2.19. The number of aromatic nitrogens is 2. The Morgan fingerprint density at radius 1 is 1.28 bits per heavy atom. The van der Waals surface area contributed by atoms with Crippen molar-refractivity contribution >= 4 is 28.2 Å². The van der Waals surface area contributed by atoms with E-state index in [2.05, 4.69) is 10.4 Å². The molecule has 0 unspecified atom stereocenters. The Balaban J connectivity index is 1.70. The number of rotatable bonds is 7. The van der Waals surface area contributed by atoms with E-state index in [1.54, 1.807) is 0 Å². The fourth-order valence-electron chi connectivity index (χ4n) is 3.77. The average Bonchev–Trinajstić information content (AvgIpc) is 3.25. The predicted molar refractivity (Wildman–Crippen MR) is 114 cm³/mol. The van der Waals surface area contributed by atoms with E-state index >= 15 is 0 Å². The summed E-state index contributed by atoms with van der Waals surface area (Å²) in [5, 5.41) is 7.87. The van der Waals surface area contributed by atoms with Crippen LogP contribution in [0.5, 0.6) is 0 Å². The maximum atomic E-state index is 12.7. The first-order valence-corrected chi connectivity index (χ1v) is 11.1. The molecule has 1 aliphatic carbocycles. The minimum atomic E-state index is -0.362. The van der Waals surface area contributed by atoms with Gasteiger partial charge in [-0.2, -0.15) is 5.10 Å². The molecule has 8 heteroatoms. The molecular formula is C21H30N4O3S. The molecule has 0 saturated carbocycles. The van der Waals surface area contributed by atoms with Gasteiger partial charge in [0.25, 0.3) is 0 Å². The third-order valence-electron chi connectivity index (χ3n) is 5.19. The largest absolute Gasteiger partial charge is 0.465 e. The Morgan fingerprint density at radius 3 is 2.72 bits per heavy atom. The highest BCUT2D eigenvalue weighted by atomic mass is 32.1. The van der Waals surface area contributed by atoms with Crippen LogP contribution in [0.15, 0.2) is 12.4 Å². The highest BCUT2D eigenvalue weighted by Crippen LogP contribution is 2.37. The molecule has 2 aromatic rings. The number of nitrogens with zero attached hydrogens (tertiary/aromatic N) is 3. The molecule has 0 spiro atoms. The standard InChI is InChI=1S/C21H30N4O3S/c1-4-25-13-15(11-22-25)12-24(2)14-18(26)23-20-19(21(27)28-3)16-9-7-5-6-8-10-17(16)29-20/h11,13H,4-10,12,14H2,1-3H3,(H,23,26). The van der Waals surface area contributed by atoms with Crippen molar-refractivity contribution in [2.75, 3.05) is 26.0 Å². The van der Waals surface area contributed by atoms with E-state index in [4.69, 9.17) is 4.74 Å². The van der Waals surface area contributed by atoms with Gasteiger partial charge in [0.15, 0.2) is 0 Å². The van der Waals surface area contributed by atoms with E-state index < -0.39 is 0 Å². The summed E-state index contributed by atoms with van der Waals surface area (Å²) in [6, 6.07) is 0. The maximum absolute atomic E-state index is 12.7. The van der Waals surface area contributed by atoms with Crippen molar-refractivity contribution in [3.05, 3.63) is 34.0 Å². The van der Waals surface area contributed by atoms with Crippen molar-refractivity contribution in [2.24, 2.45) is 0 Å².